The highest BCUT2D eigenvalue weighted by Crippen LogP contribution is 2.26. The smallest absolute Gasteiger partial charge is 0.410 e. The van der Waals surface area contributed by atoms with Crippen LogP contribution in [0.2, 0.25) is 0 Å². The van der Waals surface area contributed by atoms with Crippen molar-refractivity contribution in [3.8, 4) is 0 Å². The van der Waals surface area contributed by atoms with Crippen LogP contribution in [0.4, 0.5) is 4.79 Å². The molecule has 1 aromatic carbocycles. The Morgan fingerprint density at radius 3 is 2.55 bits per heavy atom. The molecule has 0 spiro atoms. The van der Waals surface area contributed by atoms with Crippen LogP contribution in [-0.2, 0) is 16.1 Å². The van der Waals surface area contributed by atoms with Gasteiger partial charge in [-0.3, -0.25) is 0 Å². The molecule has 0 N–H and O–H groups in total. The van der Waals surface area contributed by atoms with Crippen LogP contribution >= 0.6 is 0 Å². The second-order valence-electron chi connectivity index (χ2n) is 5.04. The van der Waals surface area contributed by atoms with Crippen molar-refractivity contribution in [2.75, 3.05) is 13.1 Å². The molecule has 0 saturated carbocycles. The van der Waals surface area contributed by atoms with Gasteiger partial charge < -0.3 is 19.5 Å². The average Bonchev–Trinajstić information content (AvgIpc) is 2.90. The van der Waals surface area contributed by atoms with Gasteiger partial charge in [-0.1, -0.05) is 43.7 Å². The number of likely N-dealkylation sites (tertiary alicyclic amines) is 1. The molecule has 2 atom stereocenters. The van der Waals surface area contributed by atoms with E-state index in [0.717, 1.165) is 5.56 Å². The third-order valence-electron chi connectivity index (χ3n) is 3.73. The number of benzene rings is 1. The van der Waals surface area contributed by atoms with Gasteiger partial charge in [-0.25, -0.2) is 4.79 Å². The molecule has 0 bridgehead atoms. The summed E-state index contributed by atoms with van der Waals surface area (Å²) in [5, 5.41) is 11.0. The van der Waals surface area contributed by atoms with Gasteiger partial charge in [-0.15, -0.1) is 0 Å². The molecule has 1 fully saturated rings. The summed E-state index contributed by atoms with van der Waals surface area (Å²) < 4.78 is 5.21. The fraction of sp³-hybridized carbons (Fsp3) is 0.467. The molecule has 1 heterocycles. The number of carboxylic acids is 1. The molecule has 0 radical (unpaired) electrons. The predicted molar refractivity (Wildman–Crippen MR) is 70.5 cm³/mol. The molecular formula is C15H18NO4-. The summed E-state index contributed by atoms with van der Waals surface area (Å²) >= 11 is 0. The number of ether oxygens (including phenoxy) is 1. The van der Waals surface area contributed by atoms with E-state index >= 15 is 0 Å². The summed E-state index contributed by atoms with van der Waals surface area (Å²) in [6.07, 6.45) is 0.247. The topological polar surface area (TPSA) is 69.7 Å². The SMILES string of the molecule is CC[C@@H]1CN(C(=O)OCc2ccccc2)C[C@@H]1C(=O)[O-]. The predicted octanol–water partition coefficient (Wildman–Crippen LogP) is 1.03. The minimum Gasteiger partial charge on any atom is -0.550 e. The summed E-state index contributed by atoms with van der Waals surface area (Å²) in [5.74, 6) is -1.73. The van der Waals surface area contributed by atoms with Crippen molar-refractivity contribution in [1.82, 2.24) is 4.90 Å². The fourth-order valence-corrected chi connectivity index (χ4v) is 2.51. The highest BCUT2D eigenvalue weighted by molar-refractivity contribution is 5.73. The van der Waals surface area contributed by atoms with E-state index in [9.17, 15) is 14.7 Å². The second-order valence-corrected chi connectivity index (χ2v) is 5.04. The zero-order valence-corrected chi connectivity index (χ0v) is 11.5. The Balaban J connectivity index is 1.89. The number of carboxylic acid groups (broad SMARTS) is 1. The number of rotatable bonds is 4. The molecule has 1 aromatic rings. The van der Waals surface area contributed by atoms with E-state index in [1.54, 1.807) is 0 Å². The van der Waals surface area contributed by atoms with E-state index in [2.05, 4.69) is 0 Å². The van der Waals surface area contributed by atoms with Gasteiger partial charge in [0, 0.05) is 25.0 Å². The van der Waals surface area contributed by atoms with Gasteiger partial charge >= 0.3 is 6.09 Å². The Kier molecular flexibility index (Phi) is 4.61. The normalized spacial score (nSPS) is 21.8. The van der Waals surface area contributed by atoms with Gasteiger partial charge in [0.25, 0.3) is 0 Å². The van der Waals surface area contributed by atoms with Crippen LogP contribution in [-0.4, -0.2) is 30.1 Å². The second kappa shape index (κ2) is 6.41. The maximum absolute atomic E-state index is 11.9. The molecule has 5 heteroatoms. The lowest BCUT2D eigenvalue weighted by atomic mass is 9.94. The van der Waals surface area contributed by atoms with E-state index in [-0.39, 0.29) is 19.1 Å². The van der Waals surface area contributed by atoms with E-state index in [1.165, 1.54) is 4.90 Å². The van der Waals surface area contributed by atoms with Crippen LogP contribution in [0.1, 0.15) is 18.9 Å². The van der Waals surface area contributed by atoms with Crippen LogP contribution < -0.4 is 5.11 Å². The van der Waals surface area contributed by atoms with Crippen LogP contribution in [0.15, 0.2) is 30.3 Å². The number of nitrogens with zero attached hydrogens (tertiary/aromatic N) is 1. The molecule has 2 rings (SSSR count). The number of carbonyl (C=O) groups is 2. The Bertz CT molecular complexity index is 474. The van der Waals surface area contributed by atoms with Crippen LogP contribution in [0.5, 0.6) is 0 Å². The number of amides is 1. The zero-order chi connectivity index (χ0) is 14.5. The third kappa shape index (κ3) is 3.29. The fourth-order valence-electron chi connectivity index (χ4n) is 2.51. The first-order valence-corrected chi connectivity index (χ1v) is 6.78. The van der Waals surface area contributed by atoms with Gasteiger partial charge in [0.15, 0.2) is 0 Å². The lowest BCUT2D eigenvalue weighted by molar-refractivity contribution is -0.312. The van der Waals surface area contributed by atoms with Crippen molar-refractivity contribution in [2.45, 2.75) is 20.0 Å². The van der Waals surface area contributed by atoms with E-state index in [4.69, 9.17) is 4.74 Å². The van der Waals surface area contributed by atoms with Crippen molar-refractivity contribution in [1.29, 1.82) is 0 Å². The number of hydrogen-bond acceptors (Lipinski definition) is 4. The lowest BCUT2D eigenvalue weighted by Gasteiger charge is -2.17. The van der Waals surface area contributed by atoms with Crippen LogP contribution in [0, 0.1) is 11.8 Å². The quantitative estimate of drug-likeness (QED) is 0.823. The molecule has 1 saturated heterocycles. The number of aliphatic carboxylic acids is 1. The van der Waals surface area contributed by atoms with Gasteiger partial charge in [-0.05, 0) is 11.5 Å². The molecule has 1 amide bonds. The van der Waals surface area contributed by atoms with Crippen LogP contribution in [0.3, 0.4) is 0 Å². The van der Waals surface area contributed by atoms with Crippen molar-refractivity contribution in [2.24, 2.45) is 11.8 Å². The maximum atomic E-state index is 11.9. The molecule has 20 heavy (non-hydrogen) atoms. The first-order chi connectivity index (χ1) is 9.61. The monoisotopic (exact) mass is 276 g/mol. The highest BCUT2D eigenvalue weighted by atomic mass is 16.6. The lowest BCUT2D eigenvalue weighted by Crippen LogP contribution is -2.36. The highest BCUT2D eigenvalue weighted by Gasteiger charge is 2.35. The Labute approximate surface area is 118 Å². The summed E-state index contributed by atoms with van der Waals surface area (Å²) in [6.45, 7) is 2.71. The summed E-state index contributed by atoms with van der Waals surface area (Å²) in [5.41, 5.74) is 0.906. The summed E-state index contributed by atoms with van der Waals surface area (Å²) in [7, 11) is 0. The van der Waals surface area contributed by atoms with Crippen molar-refractivity contribution < 1.29 is 19.4 Å². The minimum absolute atomic E-state index is 0.0516. The molecule has 5 nitrogen and oxygen atoms in total. The van der Waals surface area contributed by atoms with Gasteiger partial charge in [0.05, 0.1) is 0 Å². The van der Waals surface area contributed by atoms with E-state index < -0.39 is 18.0 Å². The third-order valence-corrected chi connectivity index (χ3v) is 3.73. The first kappa shape index (κ1) is 14.4. The van der Waals surface area contributed by atoms with E-state index in [1.807, 2.05) is 37.3 Å². The van der Waals surface area contributed by atoms with Crippen molar-refractivity contribution in [3.63, 3.8) is 0 Å². The number of carbonyl (C=O) groups excluding carboxylic acids is 2. The van der Waals surface area contributed by atoms with Gasteiger partial charge in [-0.2, -0.15) is 0 Å². The van der Waals surface area contributed by atoms with Gasteiger partial charge in [0.2, 0.25) is 0 Å². The average molecular weight is 276 g/mol. The van der Waals surface area contributed by atoms with Gasteiger partial charge in [0.1, 0.15) is 6.61 Å². The Hall–Kier alpha value is -2.04. The molecule has 0 aliphatic carbocycles. The van der Waals surface area contributed by atoms with Crippen molar-refractivity contribution in [3.05, 3.63) is 35.9 Å². The molecule has 0 unspecified atom stereocenters. The van der Waals surface area contributed by atoms with Crippen LogP contribution in [0.25, 0.3) is 0 Å². The van der Waals surface area contributed by atoms with E-state index in [0.29, 0.717) is 13.0 Å². The molecular weight excluding hydrogens is 258 g/mol. The standard InChI is InChI=1S/C15H19NO4/c1-2-12-8-16(9-13(12)14(17)18)15(19)20-10-11-6-4-3-5-7-11/h3-7,12-13H,2,8-10H2,1H3,(H,17,18)/p-1/t12-,13+/m1/s1. The summed E-state index contributed by atoms with van der Waals surface area (Å²) in [4.78, 5) is 24.4. The molecule has 1 aliphatic rings. The van der Waals surface area contributed by atoms with Crippen molar-refractivity contribution >= 4 is 12.1 Å². The zero-order valence-electron chi connectivity index (χ0n) is 11.5. The molecule has 0 aromatic heterocycles. The number of hydrogen-bond donors (Lipinski definition) is 0. The maximum Gasteiger partial charge on any atom is 0.410 e. The molecule has 1 aliphatic heterocycles. The Morgan fingerprint density at radius 2 is 2.00 bits per heavy atom. The minimum atomic E-state index is -1.09. The largest absolute Gasteiger partial charge is 0.550 e. The first-order valence-electron chi connectivity index (χ1n) is 6.78. The Morgan fingerprint density at radius 1 is 1.30 bits per heavy atom. The summed E-state index contributed by atoms with van der Waals surface area (Å²) in [6, 6.07) is 9.38. The molecule has 108 valence electrons.